The normalized spacial score (nSPS) is 11.8. The fourth-order valence-corrected chi connectivity index (χ4v) is 8.74. The molecule has 0 unspecified atom stereocenters. The Kier molecular flexibility index (Phi) is 5.51. The maximum absolute atomic E-state index is 7.89. The van der Waals surface area contributed by atoms with Crippen LogP contribution in [0, 0.1) is 6.57 Å². The lowest BCUT2D eigenvalue weighted by molar-refractivity contribution is 1.18. The zero-order valence-electron chi connectivity index (χ0n) is 25.2. The standard InChI is InChI=1S/C43H25N3S/c1-44-28-20-24-39(46-37-16-8-5-13-30(37)31-14-6-9-17-38(31)46)35(26-28)27-19-23-40-36(25-27)33-21-22-34-32-15-7-10-18-41(32)47-43(34)42(33)45(40)29-11-3-2-4-12-29/h2-26H. The van der Waals surface area contributed by atoms with Crippen LogP contribution in [-0.4, -0.2) is 9.13 Å². The number of aromatic nitrogens is 2. The number of rotatable bonds is 3. The van der Waals surface area contributed by atoms with E-state index in [1.165, 1.54) is 52.8 Å². The molecule has 0 aliphatic rings. The summed E-state index contributed by atoms with van der Waals surface area (Å²) in [4.78, 5) is 3.85. The number of hydrogen-bond donors (Lipinski definition) is 0. The van der Waals surface area contributed by atoms with Gasteiger partial charge in [-0.1, -0.05) is 97.1 Å². The van der Waals surface area contributed by atoms with E-state index in [4.69, 9.17) is 6.57 Å². The van der Waals surface area contributed by atoms with E-state index in [9.17, 15) is 0 Å². The largest absolute Gasteiger partial charge is 0.309 e. The highest BCUT2D eigenvalue weighted by Gasteiger charge is 2.20. The van der Waals surface area contributed by atoms with Gasteiger partial charge in [0.05, 0.1) is 39.0 Å². The lowest BCUT2D eigenvalue weighted by Crippen LogP contribution is -1.97. The average molecular weight is 616 g/mol. The summed E-state index contributed by atoms with van der Waals surface area (Å²) in [7, 11) is 0. The van der Waals surface area contributed by atoms with Crippen LogP contribution in [0.1, 0.15) is 0 Å². The van der Waals surface area contributed by atoms with Crippen LogP contribution >= 0.6 is 11.3 Å². The Balaban J connectivity index is 1.30. The average Bonchev–Trinajstić information content (AvgIpc) is 3.79. The van der Waals surface area contributed by atoms with Crippen molar-refractivity contribution in [2.45, 2.75) is 0 Å². The molecule has 0 radical (unpaired) electrons. The van der Waals surface area contributed by atoms with E-state index in [0.29, 0.717) is 5.69 Å². The fourth-order valence-electron chi connectivity index (χ4n) is 7.50. The molecule has 0 bridgehead atoms. The van der Waals surface area contributed by atoms with Crippen LogP contribution in [0.15, 0.2) is 152 Å². The zero-order chi connectivity index (χ0) is 31.1. The van der Waals surface area contributed by atoms with Crippen LogP contribution in [0.2, 0.25) is 0 Å². The molecule has 10 rings (SSSR count). The Morgan fingerprint density at radius 1 is 0.489 bits per heavy atom. The highest BCUT2D eigenvalue weighted by atomic mass is 32.1. The molecule has 218 valence electrons. The maximum Gasteiger partial charge on any atom is 0.188 e. The summed E-state index contributed by atoms with van der Waals surface area (Å²) in [6.45, 7) is 7.89. The first-order valence-electron chi connectivity index (χ1n) is 15.7. The molecule has 47 heavy (non-hydrogen) atoms. The summed E-state index contributed by atoms with van der Waals surface area (Å²) in [6, 6.07) is 54.1. The van der Waals surface area contributed by atoms with Crippen molar-refractivity contribution in [3.05, 3.63) is 163 Å². The van der Waals surface area contributed by atoms with Crippen LogP contribution in [0.3, 0.4) is 0 Å². The van der Waals surface area contributed by atoms with E-state index >= 15 is 0 Å². The van der Waals surface area contributed by atoms with Crippen LogP contribution in [0.4, 0.5) is 5.69 Å². The number of thiophene rings is 1. The van der Waals surface area contributed by atoms with Crippen LogP contribution in [-0.2, 0) is 0 Å². The highest BCUT2D eigenvalue weighted by molar-refractivity contribution is 7.26. The van der Waals surface area contributed by atoms with Crippen molar-refractivity contribution in [1.29, 1.82) is 0 Å². The van der Waals surface area contributed by atoms with Crippen LogP contribution in [0.25, 0.3) is 91.1 Å². The third-order valence-corrected chi connectivity index (χ3v) is 10.7. The topological polar surface area (TPSA) is 14.2 Å². The van der Waals surface area contributed by atoms with Gasteiger partial charge in [-0.3, -0.25) is 0 Å². The predicted molar refractivity (Wildman–Crippen MR) is 200 cm³/mol. The van der Waals surface area contributed by atoms with E-state index < -0.39 is 0 Å². The van der Waals surface area contributed by atoms with Gasteiger partial charge in [-0.25, -0.2) is 4.85 Å². The number of nitrogens with zero attached hydrogens (tertiary/aromatic N) is 3. The van der Waals surface area contributed by atoms with Gasteiger partial charge in [0.2, 0.25) is 0 Å². The molecule has 0 fully saturated rings. The van der Waals surface area contributed by atoms with Crippen molar-refractivity contribution in [3.63, 3.8) is 0 Å². The minimum atomic E-state index is 0.628. The van der Waals surface area contributed by atoms with Crippen molar-refractivity contribution in [3.8, 4) is 22.5 Å². The molecule has 3 aromatic heterocycles. The quantitative estimate of drug-likeness (QED) is 0.176. The summed E-state index contributed by atoms with van der Waals surface area (Å²) in [5, 5.41) is 7.45. The molecule has 7 aromatic carbocycles. The first-order chi connectivity index (χ1) is 23.3. The Morgan fingerprint density at radius 3 is 1.91 bits per heavy atom. The van der Waals surface area contributed by atoms with E-state index in [1.54, 1.807) is 0 Å². The van der Waals surface area contributed by atoms with Gasteiger partial charge in [0, 0.05) is 42.7 Å². The molecule has 10 aromatic rings. The lowest BCUT2D eigenvalue weighted by atomic mass is 9.99. The molecule has 4 heteroatoms. The summed E-state index contributed by atoms with van der Waals surface area (Å²) in [5.74, 6) is 0. The van der Waals surface area contributed by atoms with Crippen molar-refractivity contribution in [2.24, 2.45) is 0 Å². The second-order valence-electron chi connectivity index (χ2n) is 12.0. The van der Waals surface area contributed by atoms with E-state index in [0.717, 1.165) is 33.5 Å². The van der Waals surface area contributed by atoms with Gasteiger partial charge in [-0.05, 0) is 65.7 Å². The fraction of sp³-hybridized carbons (Fsp3) is 0. The van der Waals surface area contributed by atoms with Crippen LogP contribution < -0.4 is 0 Å². The van der Waals surface area contributed by atoms with Crippen molar-refractivity contribution < 1.29 is 0 Å². The van der Waals surface area contributed by atoms with Crippen molar-refractivity contribution in [1.82, 2.24) is 9.13 Å². The third kappa shape index (κ3) is 3.72. The summed E-state index contributed by atoms with van der Waals surface area (Å²) >= 11 is 1.87. The summed E-state index contributed by atoms with van der Waals surface area (Å²) < 4.78 is 7.38. The minimum Gasteiger partial charge on any atom is -0.309 e. The number of fused-ring (bicyclic) bond motifs is 10. The second-order valence-corrected chi connectivity index (χ2v) is 13.1. The van der Waals surface area contributed by atoms with Gasteiger partial charge in [0.1, 0.15) is 0 Å². The first kappa shape index (κ1) is 26.1. The van der Waals surface area contributed by atoms with Gasteiger partial charge >= 0.3 is 0 Å². The molecule has 3 nitrogen and oxygen atoms in total. The minimum absolute atomic E-state index is 0.628. The number of hydrogen-bond acceptors (Lipinski definition) is 1. The van der Waals surface area contributed by atoms with Crippen molar-refractivity contribution in [2.75, 3.05) is 0 Å². The molecule has 0 atom stereocenters. The van der Waals surface area contributed by atoms with Gasteiger partial charge in [0.25, 0.3) is 0 Å². The molecule has 0 spiro atoms. The SMILES string of the molecule is [C-]#[N+]c1ccc(-n2c3ccccc3c3ccccc32)c(-c2ccc3c(c2)c2ccc4c5ccccc5sc4c2n3-c2ccccc2)c1. The van der Waals surface area contributed by atoms with Crippen molar-refractivity contribution >= 4 is 80.8 Å². The van der Waals surface area contributed by atoms with E-state index in [2.05, 4.69) is 154 Å². The van der Waals surface area contributed by atoms with Gasteiger partial charge in [-0.2, -0.15) is 0 Å². The Bertz CT molecular complexity index is 2860. The zero-order valence-corrected chi connectivity index (χ0v) is 26.0. The first-order valence-corrected chi connectivity index (χ1v) is 16.5. The third-order valence-electron chi connectivity index (χ3n) is 9.53. The van der Waals surface area contributed by atoms with Crippen LogP contribution in [0.5, 0.6) is 0 Å². The molecule has 3 heterocycles. The summed E-state index contributed by atoms with van der Waals surface area (Å²) in [6.07, 6.45) is 0. The molecule has 0 aliphatic carbocycles. The summed E-state index contributed by atoms with van der Waals surface area (Å²) in [5.41, 5.74) is 9.67. The second kappa shape index (κ2) is 9.92. The monoisotopic (exact) mass is 615 g/mol. The number of benzene rings is 7. The Hall–Kier alpha value is -6.15. The molecule has 0 saturated carbocycles. The highest BCUT2D eigenvalue weighted by Crippen LogP contribution is 2.45. The molecule has 0 aliphatic heterocycles. The molecular weight excluding hydrogens is 591 g/mol. The number of para-hydroxylation sites is 3. The Labute approximate surface area is 274 Å². The van der Waals surface area contributed by atoms with Gasteiger partial charge in [-0.15, -0.1) is 11.3 Å². The Morgan fingerprint density at radius 2 is 1.15 bits per heavy atom. The molecule has 0 N–H and O–H groups in total. The smallest absolute Gasteiger partial charge is 0.188 e. The van der Waals surface area contributed by atoms with Gasteiger partial charge < -0.3 is 9.13 Å². The molecule has 0 saturated heterocycles. The van der Waals surface area contributed by atoms with E-state index in [-0.39, 0.29) is 0 Å². The molecular formula is C43H25N3S. The lowest BCUT2D eigenvalue weighted by Gasteiger charge is -2.15. The maximum atomic E-state index is 7.89. The molecule has 0 amide bonds. The predicted octanol–water partition coefficient (Wildman–Crippen LogP) is 12.5. The van der Waals surface area contributed by atoms with E-state index in [1.807, 2.05) is 23.5 Å². The van der Waals surface area contributed by atoms with Gasteiger partial charge in [0.15, 0.2) is 5.69 Å².